The van der Waals surface area contributed by atoms with Crippen molar-refractivity contribution >= 4 is 33.9 Å². The molecule has 15 atom stereocenters. The first-order valence-electron chi connectivity index (χ1n) is 27.5. The second kappa shape index (κ2) is 24.7. The molecule has 0 radical (unpaired) electrons. The van der Waals surface area contributed by atoms with E-state index < -0.39 is 109 Å². The van der Waals surface area contributed by atoms with Crippen LogP contribution in [-0.2, 0) is 33.3 Å². The van der Waals surface area contributed by atoms with Crippen LogP contribution in [0.3, 0.4) is 0 Å². The second-order valence-corrected chi connectivity index (χ2v) is 23.2. The van der Waals surface area contributed by atoms with Gasteiger partial charge in [-0.15, -0.1) is 0 Å². The highest BCUT2D eigenvalue weighted by atomic mass is 16.8. The summed E-state index contributed by atoms with van der Waals surface area (Å²) < 4.78 is 52.3. The van der Waals surface area contributed by atoms with Gasteiger partial charge < -0.3 is 72.6 Å². The molecule has 0 bridgehead atoms. The predicted octanol–water partition coefficient (Wildman–Crippen LogP) is 6.42. The Kier molecular flexibility index (Phi) is 18.7. The van der Waals surface area contributed by atoms with Crippen LogP contribution in [0.1, 0.15) is 107 Å². The summed E-state index contributed by atoms with van der Waals surface area (Å²) in [6.45, 7) is 15.2. The van der Waals surface area contributed by atoms with Gasteiger partial charge in [-0.05, 0) is 126 Å². The quantitative estimate of drug-likeness (QED) is 0.0336. The number of aliphatic hydroxyl groups excluding tert-OH is 6. The SMILES string of the molecule is CC(C)=C1CC[C@H](C)[C@](C)(COc2ccc3ccc(=O)oc3c2)[C@H]1CCC(=O)OCC1OC(OC2(CO)OC(COC(=O)CC[C@H]3C(=C(C)C)CC[C@H](C)[C@]3(C)COc3ccc4ccc(=O)oc4c3)C(O)C2O)C(O)C(O)C1O. The molecule has 4 aliphatic rings. The topological polar surface area (TPSA) is 281 Å². The Morgan fingerprint density at radius 3 is 1.53 bits per heavy atom. The van der Waals surface area contributed by atoms with Crippen LogP contribution < -0.4 is 20.7 Å². The van der Waals surface area contributed by atoms with Crippen molar-refractivity contribution in [1.82, 2.24) is 0 Å². The highest BCUT2D eigenvalue weighted by molar-refractivity contribution is 5.78. The first kappa shape index (κ1) is 59.6. The second-order valence-electron chi connectivity index (χ2n) is 23.2. The molecule has 2 aliphatic heterocycles. The van der Waals surface area contributed by atoms with Crippen molar-refractivity contribution in [2.75, 3.05) is 33.0 Å². The zero-order valence-electron chi connectivity index (χ0n) is 46.4. The van der Waals surface area contributed by atoms with Crippen molar-refractivity contribution in [2.24, 2.45) is 34.5 Å². The van der Waals surface area contributed by atoms with Gasteiger partial charge in [0, 0.05) is 58.7 Å². The molecule has 6 N–H and O–H groups in total. The summed E-state index contributed by atoms with van der Waals surface area (Å²) in [5.41, 5.74) is 3.76. The number of hydrogen-bond acceptors (Lipinski definition) is 19. The summed E-state index contributed by atoms with van der Waals surface area (Å²) in [5, 5.41) is 67.6. The molecule has 19 heteroatoms. The Labute approximate surface area is 459 Å². The van der Waals surface area contributed by atoms with Gasteiger partial charge in [-0.25, -0.2) is 9.59 Å². The summed E-state index contributed by atoms with van der Waals surface area (Å²) in [5.74, 6) is -2.41. The first-order chi connectivity index (χ1) is 37.5. The molecular formula is C60H78O19. The van der Waals surface area contributed by atoms with Crippen LogP contribution in [0.5, 0.6) is 11.5 Å². The largest absolute Gasteiger partial charge is 0.493 e. The molecule has 4 fully saturated rings. The molecule has 4 heterocycles. The van der Waals surface area contributed by atoms with Gasteiger partial charge in [0.05, 0.1) is 13.2 Å². The summed E-state index contributed by atoms with van der Waals surface area (Å²) in [7, 11) is 0. The number of carbonyl (C=O) groups excluding carboxylic acids is 2. The smallest absolute Gasteiger partial charge is 0.336 e. The minimum Gasteiger partial charge on any atom is -0.493 e. The van der Waals surface area contributed by atoms with Crippen LogP contribution in [-0.4, -0.2) is 130 Å². The lowest BCUT2D eigenvalue weighted by atomic mass is 9.58. The van der Waals surface area contributed by atoms with E-state index in [4.69, 9.17) is 42.0 Å². The molecule has 2 aromatic carbocycles. The number of esters is 2. The highest BCUT2D eigenvalue weighted by Crippen LogP contribution is 2.53. The Morgan fingerprint density at radius 1 is 0.620 bits per heavy atom. The third-order valence-corrected chi connectivity index (χ3v) is 17.8. The maximum Gasteiger partial charge on any atom is 0.336 e. The Morgan fingerprint density at radius 2 is 1.08 bits per heavy atom. The van der Waals surface area contributed by atoms with E-state index in [9.17, 15) is 49.8 Å². The van der Waals surface area contributed by atoms with Crippen LogP contribution in [0.2, 0.25) is 0 Å². The molecule has 0 spiro atoms. The summed E-state index contributed by atoms with van der Waals surface area (Å²) in [6, 6.07) is 16.8. The van der Waals surface area contributed by atoms with Gasteiger partial charge in [0.2, 0.25) is 5.79 Å². The molecule has 2 saturated carbocycles. The van der Waals surface area contributed by atoms with Crippen molar-refractivity contribution in [3.8, 4) is 11.5 Å². The molecule has 2 saturated heterocycles. The van der Waals surface area contributed by atoms with Crippen molar-refractivity contribution in [3.63, 3.8) is 0 Å². The fraction of sp³-hybridized carbons (Fsp3) is 0.600. The van der Waals surface area contributed by atoms with E-state index in [-0.39, 0.29) is 36.5 Å². The fourth-order valence-electron chi connectivity index (χ4n) is 12.3. The summed E-state index contributed by atoms with van der Waals surface area (Å²) in [4.78, 5) is 50.8. The maximum atomic E-state index is 13.5. The van der Waals surface area contributed by atoms with Crippen LogP contribution >= 0.6 is 0 Å². The molecule has 2 aromatic heterocycles. The van der Waals surface area contributed by atoms with E-state index in [1.807, 2.05) is 52.0 Å². The van der Waals surface area contributed by atoms with E-state index in [0.29, 0.717) is 48.7 Å². The van der Waals surface area contributed by atoms with E-state index in [2.05, 4.69) is 27.7 Å². The third-order valence-electron chi connectivity index (χ3n) is 17.8. The molecule has 4 aromatic rings. The number of aliphatic hydroxyl groups is 6. The van der Waals surface area contributed by atoms with E-state index in [1.165, 1.54) is 23.3 Å². The van der Waals surface area contributed by atoms with Crippen LogP contribution in [0.25, 0.3) is 21.9 Å². The number of hydrogen-bond donors (Lipinski definition) is 6. The molecule has 0 amide bonds. The molecule has 9 unspecified atom stereocenters. The lowest BCUT2D eigenvalue weighted by Gasteiger charge is -2.48. The van der Waals surface area contributed by atoms with E-state index in [0.717, 1.165) is 47.6 Å². The zero-order chi connectivity index (χ0) is 57.1. The number of fused-ring (bicyclic) bond motifs is 2. The van der Waals surface area contributed by atoms with E-state index in [1.54, 1.807) is 24.3 Å². The van der Waals surface area contributed by atoms with Crippen molar-refractivity contribution in [3.05, 3.63) is 104 Å². The van der Waals surface area contributed by atoms with Gasteiger partial charge in [0.15, 0.2) is 6.29 Å². The highest BCUT2D eigenvalue weighted by Gasteiger charge is 2.59. The molecule has 79 heavy (non-hydrogen) atoms. The number of benzene rings is 2. The lowest BCUT2D eigenvalue weighted by Crippen LogP contribution is -2.62. The van der Waals surface area contributed by atoms with Crippen molar-refractivity contribution in [1.29, 1.82) is 0 Å². The Balaban J connectivity index is 0.857. The first-order valence-corrected chi connectivity index (χ1v) is 27.5. The van der Waals surface area contributed by atoms with Gasteiger partial charge in [-0.2, -0.15) is 0 Å². The molecule has 19 nitrogen and oxygen atoms in total. The molecular weight excluding hydrogens is 1020 g/mol. The lowest BCUT2D eigenvalue weighted by molar-refractivity contribution is -0.383. The standard InChI is InChI=1S/C60H78O19/c1-32(2)40-17-9-34(5)58(7,30-73-38-15-11-36-13-21-50(64)75-44(36)25-38)42(40)19-23-48(62)71-27-46-52(66)54(68)55(69)57(77-46)79-60(29-61)56(70)53(67)47(78-60)28-72-49(63)24-20-43-41(33(3)4)18-10-35(6)59(43,8)31-74-39-16-12-37-14-22-51(65)76-45(37)26-39/h11-16,21-22,25-26,34-35,42-43,46-47,52-57,61,66-70H,9-10,17-20,23-24,27-31H2,1-8H3/t34-,35-,42-,43-,46?,47?,52?,53?,54?,55?,56?,57?,58-,59-,60?/m0/s1. The van der Waals surface area contributed by atoms with Gasteiger partial charge in [-0.3, -0.25) is 9.59 Å². The maximum absolute atomic E-state index is 13.5. The Hall–Kier alpha value is -5.48. The summed E-state index contributed by atoms with van der Waals surface area (Å²) >= 11 is 0. The minimum absolute atomic E-state index is 0.0206. The predicted molar refractivity (Wildman–Crippen MR) is 288 cm³/mol. The van der Waals surface area contributed by atoms with Gasteiger partial charge in [0.25, 0.3) is 0 Å². The molecule has 8 rings (SSSR count). The molecule has 2 aliphatic carbocycles. The monoisotopic (exact) mass is 1100 g/mol. The van der Waals surface area contributed by atoms with Crippen molar-refractivity contribution < 1.29 is 82.2 Å². The summed E-state index contributed by atoms with van der Waals surface area (Å²) in [6.07, 6.45) is -9.97. The third kappa shape index (κ3) is 12.9. The van der Waals surface area contributed by atoms with Gasteiger partial charge in [0.1, 0.15) is 85.2 Å². The van der Waals surface area contributed by atoms with Crippen LogP contribution in [0, 0.1) is 34.5 Å². The van der Waals surface area contributed by atoms with Crippen LogP contribution in [0.4, 0.5) is 0 Å². The number of allylic oxidation sites excluding steroid dienone is 4. The van der Waals surface area contributed by atoms with Gasteiger partial charge in [-0.1, -0.05) is 50.0 Å². The van der Waals surface area contributed by atoms with Crippen LogP contribution in [0.15, 0.2) is 101 Å². The average molecular weight is 1100 g/mol. The normalized spacial score (nSPS) is 32.9. The average Bonchev–Trinajstić information content (AvgIpc) is 3.69. The van der Waals surface area contributed by atoms with E-state index >= 15 is 0 Å². The van der Waals surface area contributed by atoms with Gasteiger partial charge >= 0.3 is 23.2 Å². The number of carbonyl (C=O) groups is 2. The fourth-order valence-corrected chi connectivity index (χ4v) is 12.3. The minimum atomic E-state index is -2.47. The Bertz CT molecular complexity index is 2990. The number of ether oxygens (including phenoxy) is 7. The van der Waals surface area contributed by atoms with Crippen molar-refractivity contribution in [2.45, 2.75) is 162 Å². The number of rotatable bonds is 19. The zero-order valence-corrected chi connectivity index (χ0v) is 46.4. The molecule has 432 valence electrons.